The zero-order valence-electron chi connectivity index (χ0n) is 11.7. The molecule has 0 spiro atoms. The molecule has 0 amide bonds. The van der Waals surface area contributed by atoms with Crippen LogP contribution in [0.4, 0.5) is 0 Å². The molecule has 0 aromatic carbocycles. The maximum atomic E-state index is 4.21. The maximum absolute atomic E-state index is 4.21. The van der Waals surface area contributed by atoms with Gasteiger partial charge in [0.15, 0.2) is 0 Å². The van der Waals surface area contributed by atoms with E-state index in [1.54, 1.807) is 38.5 Å². The molecule has 3 fully saturated rings. The van der Waals surface area contributed by atoms with Crippen molar-refractivity contribution in [1.82, 2.24) is 0 Å². The molecule has 0 nitrogen and oxygen atoms in total. The zero-order valence-corrected chi connectivity index (χ0v) is 14.3. The Hall–Kier alpha value is 1.09. The molecule has 0 aliphatic heterocycles. The van der Waals surface area contributed by atoms with E-state index in [4.69, 9.17) is 0 Å². The van der Waals surface area contributed by atoms with E-state index in [1.807, 2.05) is 0 Å². The van der Waals surface area contributed by atoms with E-state index < -0.39 is 5.45 Å². The van der Waals surface area contributed by atoms with Crippen LogP contribution in [0.3, 0.4) is 0 Å². The topological polar surface area (TPSA) is 0 Å². The summed E-state index contributed by atoms with van der Waals surface area (Å²) in [6.45, 7) is 0. The van der Waals surface area contributed by atoms with Crippen molar-refractivity contribution < 1.29 is 18.7 Å². The third kappa shape index (κ3) is 2.62. The molecule has 0 aromatic rings. The summed E-state index contributed by atoms with van der Waals surface area (Å²) in [7, 11) is 0. The molecule has 0 radical (unpaired) electrons. The molecule has 109 valence electrons. The van der Waals surface area contributed by atoms with E-state index in [0.29, 0.717) is 0 Å². The van der Waals surface area contributed by atoms with Crippen molar-refractivity contribution in [2.45, 2.75) is 100 Å². The second-order valence-corrected chi connectivity index (χ2v) is 15.1. The summed E-state index contributed by atoms with van der Waals surface area (Å²) in [6.07, 6.45) is 20.3. The van der Waals surface area contributed by atoms with Crippen LogP contribution in [0.5, 0.6) is 0 Å². The molecule has 3 saturated carbocycles. The molecular formula is C16H30PPd. The molecule has 0 saturated heterocycles. The van der Waals surface area contributed by atoms with Crippen molar-refractivity contribution >= 4 is 5.45 Å². The number of hydrogen-bond acceptors (Lipinski definition) is 0. The van der Waals surface area contributed by atoms with Crippen LogP contribution in [-0.4, -0.2) is 17.0 Å². The van der Waals surface area contributed by atoms with Gasteiger partial charge in [0.2, 0.25) is 0 Å². The van der Waals surface area contributed by atoms with E-state index in [-0.39, 0.29) is 0 Å². The van der Waals surface area contributed by atoms with Crippen molar-refractivity contribution in [3.63, 3.8) is 0 Å². The molecule has 3 aliphatic carbocycles. The Balaban J connectivity index is 1.80. The number of rotatable bonds is 3. The van der Waals surface area contributed by atoms with Crippen LogP contribution in [0, 0.1) is 0 Å². The molecular weight excluding hydrogens is 330 g/mol. The average Bonchev–Trinajstić information content (AvgIpc) is 3.12. The summed E-state index contributed by atoms with van der Waals surface area (Å²) in [5, 5.41) is 0. The zero-order chi connectivity index (χ0) is 12.4. The Morgan fingerprint density at radius 3 is 1.11 bits per heavy atom. The van der Waals surface area contributed by atoms with E-state index in [9.17, 15) is 0 Å². The molecule has 2 heteroatoms. The Bertz CT molecular complexity index is 244. The molecule has 0 N–H and O–H groups in total. The molecule has 0 heterocycles. The van der Waals surface area contributed by atoms with Gasteiger partial charge in [0.05, 0.1) is 0 Å². The van der Waals surface area contributed by atoms with Gasteiger partial charge in [-0.05, 0) is 0 Å². The Labute approximate surface area is 124 Å². The van der Waals surface area contributed by atoms with Crippen LogP contribution in [0.1, 0.15) is 83.5 Å². The third-order valence-corrected chi connectivity index (χ3v) is 17.2. The van der Waals surface area contributed by atoms with Gasteiger partial charge in [0, 0.05) is 0 Å². The van der Waals surface area contributed by atoms with Crippen molar-refractivity contribution in [2.75, 3.05) is 0 Å². The third-order valence-electron chi connectivity index (χ3n) is 6.12. The molecule has 3 rings (SSSR count). The second-order valence-electron chi connectivity index (χ2n) is 7.07. The summed E-state index contributed by atoms with van der Waals surface area (Å²) in [6, 6.07) is 0. The molecule has 0 unspecified atom stereocenters. The minimum absolute atomic E-state index is 1.13. The van der Waals surface area contributed by atoms with Crippen LogP contribution >= 0.6 is 5.45 Å². The van der Waals surface area contributed by atoms with Crippen LogP contribution in [0.15, 0.2) is 0 Å². The molecule has 0 aromatic heterocycles. The van der Waals surface area contributed by atoms with E-state index in [2.05, 4.69) is 18.7 Å². The summed E-state index contributed by atoms with van der Waals surface area (Å²) in [5.74, 6) is 0. The first-order valence-electron chi connectivity index (χ1n) is 8.47. The second kappa shape index (κ2) is 6.25. The number of hydrogen-bond donors (Lipinski definition) is 0. The molecule has 18 heavy (non-hydrogen) atoms. The average molecular weight is 360 g/mol. The SMILES string of the molecule is [Pd][PH](C1CCCCC1)(C1CCCC1)C1CCCC1. The van der Waals surface area contributed by atoms with Gasteiger partial charge in [0.1, 0.15) is 0 Å². The van der Waals surface area contributed by atoms with Gasteiger partial charge < -0.3 is 0 Å². The summed E-state index contributed by atoms with van der Waals surface area (Å²) in [5.41, 5.74) is 2.34. The van der Waals surface area contributed by atoms with Gasteiger partial charge >= 0.3 is 125 Å². The fraction of sp³-hybridized carbons (Fsp3) is 1.00. The Kier molecular flexibility index (Phi) is 4.87. The standard InChI is InChI=1S/C16H29P.Pd/c1-2-8-14(9-3-1)17(15-10-4-5-11-15)16-12-6-7-13-16;/h14-16H,1-13H2;/q;-1/p+1. The van der Waals surface area contributed by atoms with Crippen molar-refractivity contribution in [3.8, 4) is 0 Å². The fourth-order valence-corrected chi connectivity index (χ4v) is 15.0. The first-order valence-corrected chi connectivity index (χ1v) is 12.9. The monoisotopic (exact) mass is 359 g/mol. The van der Waals surface area contributed by atoms with Gasteiger partial charge in [-0.2, -0.15) is 0 Å². The van der Waals surface area contributed by atoms with E-state index >= 15 is 0 Å². The summed E-state index contributed by atoms with van der Waals surface area (Å²) in [4.78, 5) is 0. The summed E-state index contributed by atoms with van der Waals surface area (Å²) < 4.78 is 0. The van der Waals surface area contributed by atoms with Crippen LogP contribution in [0.2, 0.25) is 0 Å². The Morgan fingerprint density at radius 1 is 0.500 bits per heavy atom. The van der Waals surface area contributed by atoms with Crippen LogP contribution < -0.4 is 0 Å². The van der Waals surface area contributed by atoms with Gasteiger partial charge in [-0.25, -0.2) is 0 Å². The van der Waals surface area contributed by atoms with Crippen molar-refractivity contribution in [1.29, 1.82) is 0 Å². The predicted molar refractivity (Wildman–Crippen MR) is 79.7 cm³/mol. The quantitative estimate of drug-likeness (QED) is 0.466. The Morgan fingerprint density at radius 2 is 0.778 bits per heavy atom. The van der Waals surface area contributed by atoms with Crippen molar-refractivity contribution in [2.24, 2.45) is 0 Å². The predicted octanol–water partition coefficient (Wildman–Crippen LogP) is 5.42. The summed E-state index contributed by atoms with van der Waals surface area (Å²) >= 11 is 4.21. The van der Waals surface area contributed by atoms with Gasteiger partial charge in [0.25, 0.3) is 0 Å². The normalized spacial score (nSPS) is 30.1. The molecule has 3 aliphatic rings. The van der Waals surface area contributed by atoms with Crippen molar-refractivity contribution in [3.05, 3.63) is 0 Å². The first-order chi connectivity index (χ1) is 8.82. The fourth-order valence-electron chi connectivity index (χ4n) is 5.23. The van der Waals surface area contributed by atoms with Gasteiger partial charge in [-0.1, -0.05) is 0 Å². The van der Waals surface area contributed by atoms with E-state index in [0.717, 1.165) is 17.0 Å². The van der Waals surface area contributed by atoms with Crippen LogP contribution in [-0.2, 0) is 18.7 Å². The molecule has 0 bridgehead atoms. The van der Waals surface area contributed by atoms with Gasteiger partial charge in [-0.3, -0.25) is 0 Å². The van der Waals surface area contributed by atoms with Crippen LogP contribution in [0.25, 0.3) is 0 Å². The van der Waals surface area contributed by atoms with E-state index in [1.165, 1.54) is 44.9 Å². The first kappa shape index (κ1) is 14.0. The minimum atomic E-state index is -1.13. The molecule has 0 atom stereocenters. The van der Waals surface area contributed by atoms with Gasteiger partial charge in [-0.15, -0.1) is 0 Å².